The minimum absolute atomic E-state index is 0.209. The Kier molecular flexibility index (Phi) is 4.82. The van der Waals surface area contributed by atoms with E-state index in [2.05, 4.69) is 14.9 Å². The van der Waals surface area contributed by atoms with Crippen molar-refractivity contribution in [2.24, 2.45) is 5.92 Å². The lowest BCUT2D eigenvalue weighted by molar-refractivity contribution is 0.347. The van der Waals surface area contributed by atoms with Crippen molar-refractivity contribution in [2.45, 2.75) is 70.3 Å². The molecule has 1 aromatic rings. The molecule has 0 bridgehead atoms. The van der Waals surface area contributed by atoms with Gasteiger partial charge in [0, 0.05) is 5.92 Å². The van der Waals surface area contributed by atoms with Gasteiger partial charge < -0.3 is 4.52 Å². The lowest BCUT2D eigenvalue weighted by atomic mass is 10.1. The number of aromatic nitrogens is 2. The Labute approximate surface area is 132 Å². The third kappa shape index (κ3) is 3.87. The lowest BCUT2D eigenvalue weighted by Crippen LogP contribution is -2.31. The highest BCUT2D eigenvalue weighted by Gasteiger charge is 2.27. The van der Waals surface area contributed by atoms with Gasteiger partial charge in [0.1, 0.15) is 0 Å². The summed E-state index contributed by atoms with van der Waals surface area (Å²) < 4.78 is 32.4. The number of hydrogen-bond donors (Lipinski definition) is 1. The second-order valence-electron chi connectivity index (χ2n) is 6.74. The van der Waals surface area contributed by atoms with Crippen LogP contribution >= 0.6 is 0 Å². The van der Waals surface area contributed by atoms with Gasteiger partial charge in [-0.05, 0) is 38.5 Å². The molecule has 2 aliphatic carbocycles. The van der Waals surface area contributed by atoms with Gasteiger partial charge >= 0.3 is 0 Å². The van der Waals surface area contributed by atoms with Crippen LogP contribution in [0.5, 0.6) is 0 Å². The van der Waals surface area contributed by atoms with E-state index in [1.165, 1.54) is 12.8 Å². The Morgan fingerprint density at radius 1 is 1.18 bits per heavy atom. The van der Waals surface area contributed by atoms with Crippen LogP contribution in [0.25, 0.3) is 0 Å². The van der Waals surface area contributed by atoms with Crippen molar-refractivity contribution in [3.63, 3.8) is 0 Å². The molecule has 7 heteroatoms. The van der Waals surface area contributed by atoms with E-state index in [9.17, 15) is 8.42 Å². The second kappa shape index (κ2) is 6.66. The van der Waals surface area contributed by atoms with Crippen molar-refractivity contribution in [2.75, 3.05) is 5.75 Å². The molecule has 1 aromatic heterocycles. The fourth-order valence-electron chi connectivity index (χ4n) is 3.63. The van der Waals surface area contributed by atoms with Gasteiger partial charge in [0.05, 0.1) is 11.8 Å². The van der Waals surface area contributed by atoms with Gasteiger partial charge in [0.2, 0.25) is 15.9 Å². The van der Waals surface area contributed by atoms with Crippen molar-refractivity contribution in [3.05, 3.63) is 11.7 Å². The van der Waals surface area contributed by atoms with Crippen LogP contribution in [0.2, 0.25) is 0 Å². The quantitative estimate of drug-likeness (QED) is 0.868. The lowest BCUT2D eigenvalue weighted by Gasteiger charge is -2.13. The standard InChI is InChI=1S/C15H25N3O3S/c1-11(18-22(19,20)10-12-6-2-3-7-12)15-16-14(17-21-15)13-8-4-5-9-13/h11-13,18H,2-10H2,1H3. The molecule has 1 heterocycles. The van der Waals surface area contributed by atoms with Crippen LogP contribution in [0, 0.1) is 5.92 Å². The summed E-state index contributed by atoms with van der Waals surface area (Å²) in [7, 11) is -3.30. The molecule has 0 saturated heterocycles. The van der Waals surface area contributed by atoms with Crippen molar-refractivity contribution in [1.29, 1.82) is 0 Å². The van der Waals surface area contributed by atoms with Crippen LogP contribution in [0.4, 0.5) is 0 Å². The monoisotopic (exact) mass is 327 g/mol. The number of hydrogen-bond acceptors (Lipinski definition) is 5. The smallest absolute Gasteiger partial charge is 0.244 e. The normalized spacial score (nSPS) is 22.4. The predicted molar refractivity (Wildman–Crippen MR) is 82.8 cm³/mol. The van der Waals surface area contributed by atoms with Crippen LogP contribution in [-0.4, -0.2) is 24.3 Å². The molecule has 0 aliphatic heterocycles. The molecule has 1 N–H and O–H groups in total. The van der Waals surface area contributed by atoms with E-state index < -0.39 is 16.1 Å². The zero-order chi connectivity index (χ0) is 15.6. The summed E-state index contributed by atoms with van der Waals surface area (Å²) in [6.07, 6.45) is 8.93. The minimum Gasteiger partial charge on any atom is -0.338 e. The van der Waals surface area contributed by atoms with E-state index >= 15 is 0 Å². The molecule has 1 unspecified atom stereocenters. The summed E-state index contributed by atoms with van der Waals surface area (Å²) in [5.74, 6) is 1.98. The summed E-state index contributed by atoms with van der Waals surface area (Å²) in [6.45, 7) is 1.76. The van der Waals surface area contributed by atoms with Gasteiger partial charge in [0.25, 0.3) is 0 Å². The number of nitrogens with one attached hydrogen (secondary N) is 1. The zero-order valence-corrected chi connectivity index (χ0v) is 13.9. The van der Waals surface area contributed by atoms with E-state index in [4.69, 9.17) is 4.52 Å². The van der Waals surface area contributed by atoms with Gasteiger partial charge in [-0.15, -0.1) is 0 Å². The van der Waals surface area contributed by atoms with Crippen LogP contribution in [0.1, 0.15) is 82.0 Å². The van der Waals surface area contributed by atoms with Gasteiger partial charge in [-0.25, -0.2) is 13.1 Å². The van der Waals surface area contributed by atoms with Crippen LogP contribution < -0.4 is 4.72 Å². The predicted octanol–water partition coefficient (Wildman–Crippen LogP) is 2.90. The molecule has 2 aliphatic rings. The van der Waals surface area contributed by atoms with E-state index in [-0.39, 0.29) is 5.75 Å². The number of rotatable bonds is 6. The summed E-state index contributed by atoms with van der Waals surface area (Å²) in [4.78, 5) is 4.40. The molecule has 2 fully saturated rings. The molecular weight excluding hydrogens is 302 g/mol. The Morgan fingerprint density at radius 3 is 2.50 bits per heavy atom. The van der Waals surface area contributed by atoms with E-state index in [1.54, 1.807) is 6.92 Å². The molecule has 0 spiro atoms. The topological polar surface area (TPSA) is 85.1 Å². The maximum Gasteiger partial charge on any atom is 0.244 e. The molecular formula is C15H25N3O3S. The molecule has 124 valence electrons. The molecule has 3 rings (SSSR count). The molecule has 0 aromatic carbocycles. The first kappa shape index (κ1) is 15.9. The summed E-state index contributed by atoms with van der Waals surface area (Å²) >= 11 is 0. The van der Waals surface area contributed by atoms with E-state index in [0.717, 1.165) is 44.3 Å². The fourth-order valence-corrected chi connectivity index (χ4v) is 5.32. The summed E-state index contributed by atoms with van der Waals surface area (Å²) in [5, 5.41) is 4.03. The maximum absolute atomic E-state index is 12.2. The highest BCUT2D eigenvalue weighted by molar-refractivity contribution is 7.89. The Balaban J connectivity index is 1.59. The van der Waals surface area contributed by atoms with Crippen molar-refractivity contribution in [1.82, 2.24) is 14.9 Å². The molecule has 1 atom stereocenters. The first-order valence-electron chi connectivity index (χ1n) is 8.37. The van der Waals surface area contributed by atoms with Gasteiger partial charge in [-0.1, -0.05) is 30.8 Å². The van der Waals surface area contributed by atoms with Crippen molar-refractivity contribution in [3.8, 4) is 0 Å². The van der Waals surface area contributed by atoms with Crippen molar-refractivity contribution < 1.29 is 12.9 Å². The summed E-state index contributed by atoms with van der Waals surface area (Å²) in [6, 6.07) is -0.464. The number of sulfonamides is 1. The molecule has 0 radical (unpaired) electrons. The first-order valence-corrected chi connectivity index (χ1v) is 10.0. The largest absolute Gasteiger partial charge is 0.338 e. The zero-order valence-electron chi connectivity index (χ0n) is 13.1. The fraction of sp³-hybridized carbons (Fsp3) is 0.867. The Hall–Kier alpha value is -0.950. The minimum atomic E-state index is -3.30. The average molecular weight is 327 g/mol. The van der Waals surface area contributed by atoms with E-state index in [0.29, 0.717) is 17.7 Å². The van der Waals surface area contributed by atoms with Crippen molar-refractivity contribution >= 4 is 10.0 Å². The van der Waals surface area contributed by atoms with Gasteiger partial charge in [-0.2, -0.15) is 4.98 Å². The van der Waals surface area contributed by atoms with Gasteiger partial charge in [0.15, 0.2) is 5.82 Å². The number of nitrogens with zero attached hydrogens (tertiary/aromatic N) is 2. The van der Waals surface area contributed by atoms with Crippen LogP contribution in [0.3, 0.4) is 0 Å². The maximum atomic E-state index is 12.2. The molecule has 6 nitrogen and oxygen atoms in total. The third-order valence-electron chi connectivity index (χ3n) is 4.83. The average Bonchev–Trinajstić information content (AvgIpc) is 3.20. The van der Waals surface area contributed by atoms with Crippen LogP contribution in [0.15, 0.2) is 4.52 Å². The SMILES string of the molecule is CC(NS(=O)(=O)CC1CCCC1)c1nc(C2CCCC2)no1. The Morgan fingerprint density at radius 2 is 1.82 bits per heavy atom. The van der Waals surface area contributed by atoms with E-state index in [1.807, 2.05) is 0 Å². The highest BCUT2D eigenvalue weighted by atomic mass is 32.2. The molecule has 22 heavy (non-hydrogen) atoms. The summed E-state index contributed by atoms with van der Waals surface area (Å²) in [5.41, 5.74) is 0. The third-order valence-corrected chi connectivity index (χ3v) is 6.46. The Bertz CT molecular complexity index is 587. The van der Waals surface area contributed by atoms with Crippen LogP contribution in [-0.2, 0) is 10.0 Å². The second-order valence-corrected chi connectivity index (χ2v) is 8.54. The first-order chi connectivity index (χ1) is 10.5. The molecule has 0 amide bonds. The highest BCUT2D eigenvalue weighted by Crippen LogP contribution is 2.32. The molecule has 2 saturated carbocycles. The van der Waals surface area contributed by atoms with Gasteiger partial charge in [-0.3, -0.25) is 0 Å².